The van der Waals surface area contributed by atoms with Gasteiger partial charge in [0.15, 0.2) is 23.3 Å². The van der Waals surface area contributed by atoms with E-state index >= 15 is 0 Å². The Balaban J connectivity index is 0.000000123. The molecule has 0 atom stereocenters. The molecule has 680 valence electrons. The van der Waals surface area contributed by atoms with Crippen LogP contribution in [0.1, 0.15) is 264 Å². The van der Waals surface area contributed by atoms with E-state index in [9.17, 15) is 49.1 Å². The summed E-state index contributed by atoms with van der Waals surface area (Å²) in [5, 5.41) is 60.5. The lowest BCUT2D eigenvalue weighted by Gasteiger charge is -2.26. The van der Waals surface area contributed by atoms with Gasteiger partial charge in [-0.1, -0.05) is 226 Å². The van der Waals surface area contributed by atoms with Gasteiger partial charge < -0.3 is 46.8 Å². The first-order valence-electron chi connectivity index (χ1n) is 47.2. The van der Waals surface area contributed by atoms with E-state index in [-0.39, 0.29) is 86.8 Å². The number of aromatic hydroxyl groups is 1. The third kappa shape index (κ3) is 22.6. The van der Waals surface area contributed by atoms with Crippen LogP contribution in [0.2, 0.25) is 5.02 Å². The number of carbonyl (C=O) groups excluding carboxylic acids is 4. The monoisotopic (exact) mass is 1850 g/mol. The molecular weight excluding hydrogens is 1740 g/mol. The van der Waals surface area contributed by atoms with Crippen molar-refractivity contribution in [3.8, 4) is 50.8 Å². The highest BCUT2D eigenvalue weighted by Gasteiger charge is 2.34. The molecule has 4 heterocycles. The minimum Gasteiger partial charge on any atom is -0.508 e. The number of carbonyl (C=O) groups is 4. The number of phenols is 1. The molecule has 12 aromatic rings. The summed E-state index contributed by atoms with van der Waals surface area (Å²) in [6.45, 7) is 0.142. The fourth-order valence-electron chi connectivity index (χ4n) is 20.1. The van der Waals surface area contributed by atoms with E-state index in [4.69, 9.17) is 51.5 Å². The smallest absolute Gasteiger partial charge is 0.229 e. The van der Waals surface area contributed by atoms with Crippen molar-refractivity contribution in [2.24, 2.45) is 0 Å². The number of amides is 4. The van der Waals surface area contributed by atoms with Gasteiger partial charge in [0.1, 0.15) is 11.6 Å². The summed E-state index contributed by atoms with van der Waals surface area (Å²) in [7, 11) is 0. The SMILES string of the molecule is O=C(Cc1ccc(Br)cc1)Nc1nc2c(nc1C1CCCCC1)-c1ccc(CO)cc1CC2.O=C(Cc1ccc(Cl)cc1)Nc1nc2c(nc1C1CCCCC1)-c1ccc(CO)cc1CC2.O=C(Cc1ccc(F)cc1)Nc1nc2c(nc1C1CCCCC1)-c1ccc(CO)cc1CC2.O=C(Cc1ccc(O)cc1)Nc1nc2c(nc1C1CCCCC1)-c1ccc(CO)cc1CC2. The molecule has 4 aromatic heterocycles. The van der Waals surface area contributed by atoms with Gasteiger partial charge in [-0.05, 0) is 218 Å². The van der Waals surface area contributed by atoms with Crippen molar-refractivity contribution in [1.82, 2.24) is 39.9 Å². The number of anilines is 4. The Labute approximate surface area is 783 Å². The molecule has 8 aliphatic rings. The van der Waals surface area contributed by atoms with Crippen molar-refractivity contribution in [2.75, 3.05) is 21.3 Å². The lowest BCUT2D eigenvalue weighted by molar-refractivity contribution is -0.116. The Bertz CT molecular complexity index is 5430. The zero-order chi connectivity index (χ0) is 91.1. The number of nitrogens with zero attached hydrogens (tertiary/aromatic N) is 8. The molecule has 4 saturated carbocycles. The van der Waals surface area contributed by atoms with Crippen molar-refractivity contribution in [3.05, 3.63) is 297 Å². The molecule has 0 unspecified atom stereocenters. The average Bonchev–Trinajstić information content (AvgIpc) is 0.776. The maximum Gasteiger partial charge on any atom is 0.229 e. The maximum atomic E-state index is 13.2. The Morgan fingerprint density at radius 3 is 0.803 bits per heavy atom. The molecular formula is C108H113BrClFN12O9. The summed E-state index contributed by atoms with van der Waals surface area (Å²) in [5.74, 6) is 3.05. The van der Waals surface area contributed by atoms with Gasteiger partial charge in [0.05, 0.1) is 120 Å². The molecule has 21 nitrogen and oxygen atoms in total. The Hall–Kier alpha value is -11.7. The first-order valence-corrected chi connectivity index (χ1v) is 48.3. The third-order valence-electron chi connectivity index (χ3n) is 27.1. The van der Waals surface area contributed by atoms with Crippen LogP contribution in [0.15, 0.2) is 174 Å². The van der Waals surface area contributed by atoms with Crippen LogP contribution >= 0.6 is 27.5 Å². The fraction of sp³-hybridized carbons (Fsp3) is 0.370. The summed E-state index contributed by atoms with van der Waals surface area (Å²) in [5.41, 5.74) is 27.3. The van der Waals surface area contributed by atoms with Crippen LogP contribution in [0.25, 0.3) is 45.0 Å². The number of hydrogen-bond donors (Lipinski definition) is 9. The number of aromatic nitrogens is 8. The quantitative estimate of drug-likeness (QED) is 0.0342. The van der Waals surface area contributed by atoms with Crippen molar-refractivity contribution in [3.63, 3.8) is 0 Å². The van der Waals surface area contributed by atoms with Gasteiger partial charge in [-0.3, -0.25) is 19.2 Å². The van der Waals surface area contributed by atoms with Gasteiger partial charge in [-0.15, -0.1) is 0 Å². The molecule has 0 spiro atoms. The summed E-state index contributed by atoms with van der Waals surface area (Å²) in [6.07, 6.45) is 30.3. The number of aliphatic hydroxyl groups is 4. The van der Waals surface area contributed by atoms with Gasteiger partial charge >= 0.3 is 0 Å². The van der Waals surface area contributed by atoms with Crippen LogP contribution in [0.4, 0.5) is 27.7 Å². The number of halogens is 3. The first-order chi connectivity index (χ1) is 64.4. The zero-order valence-corrected chi connectivity index (χ0v) is 76.9. The lowest BCUT2D eigenvalue weighted by Crippen LogP contribution is -2.21. The Morgan fingerprint density at radius 2 is 0.545 bits per heavy atom. The standard InChI is InChI=1S/C27H28BrN3O2.C27H28ClN3O2.C27H28FN3O2.C27H29N3O3/c3*28-21-10-6-17(7-11-21)15-24(33)30-27-25(19-4-2-1-3-5-19)31-26-22-12-8-18(16-32)14-20(22)9-13-23(26)29-27;31-16-18-8-12-22-20(14-18)9-13-23-26(22)30-25(19-4-2-1-3-5-19)27(28-23)29-24(33)15-17-6-10-21(32)11-7-17/h3*6-8,10-12,14,19,32H,1-5,9,13,15-16H2,(H,29,30,33);6-8,10-12,14,19,31-32H,1-5,9,13,15-16H2,(H,28,29,33). The van der Waals surface area contributed by atoms with E-state index in [2.05, 4.69) is 73.6 Å². The van der Waals surface area contributed by atoms with E-state index in [0.29, 0.717) is 52.5 Å². The van der Waals surface area contributed by atoms with Crippen LogP contribution in [-0.4, -0.2) is 89.0 Å². The number of benzene rings is 8. The van der Waals surface area contributed by atoms with Gasteiger partial charge in [-0.25, -0.2) is 44.3 Å². The summed E-state index contributed by atoms with van der Waals surface area (Å²) in [6, 6.07) is 52.1. The second-order valence-corrected chi connectivity index (χ2v) is 37.7. The molecule has 0 radical (unpaired) electrons. The Morgan fingerprint density at radius 1 is 0.311 bits per heavy atom. The highest BCUT2D eigenvalue weighted by atomic mass is 79.9. The van der Waals surface area contributed by atoms with Crippen molar-refractivity contribution in [2.45, 2.75) is 256 Å². The first kappa shape index (κ1) is 92.2. The summed E-state index contributed by atoms with van der Waals surface area (Å²) < 4.78 is 14.2. The third-order valence-corrected chi connectivity index (χ3v) is 27.8. The van der Waals surface area contributed by atoms with Crippen LogP contribution < -0.4 is 21.3 Å². The van der Waals surface area contributed by atoms with E-state index in [1.165, 1.54) is 98.6 Å². The topological polar surface area (TPSA) is 321 Å². The molecule has 0 aliphatic heterocycles. The highest BCUT2D eigenvalue weighted by molar-refractivity contribution is 9.10. The Kier molecular flexibility index (Phi) is 30.3. The van der Waals surface area contributed by atoms with Gasteiger partial charge in [0.2, 0.25) is 23.6 Å². The molecule has 8 aromatic carbocycles. The van der Waals surface area contributed by atoms with E-state index in [1.54, 1.807) is 48.5 Å². The van der Waals surface area contributed by atoms with E-state index < -0.39 is 0 Å². The van der Waals surface area contributed by atoms with Crippen LogP contribution in [-0.2, 0) is 123 Å². The van der Waals surface area contributed by atoms with Gasteiger partial charge in [-0.2, -0.15) is 0 Å². The molecule has 132 heavy (non-hydrogen) atoms. The molecule has 0 saturated heterocycles. The number of phenolic OH excluding ortho intramolecular Hbond substituents is 1. The predicted molar refractivity (Wildman–Crippen MR) is 516 cm³/mol. The molecule has 24 heteroatoms. The van der Waals surface area contributed by atoms with Crippen LogP contribution in [0.3, 0.4) is 0 Å². The molecule has 8 aliphatic carbocycles. The number of aryl methyl sites for hydroxylation is 8. The van der Waals surface area contributed by atoms with Crippen molar-refractivity contribution in [1.29, 1.82) is 0 Å². The minimum absolute atomic E-state index is 0.0260. The number of fused-ring (bicyclic) bond motifs is 12. The highest BCUT2D eigenvalue weighted by Crippen LogP contribution is 2.46. The predicted octanol–water partition coefficient (Wildman–Crippen LogP) is 21.1. The average molecular weight is 1860 g/mol. The summed E-state index contributed by atoms with van der Waals surface area (Å²) in [4.78, 5) is 91.9. The fourth-order valence-corrected chi connectivity index (χ4v) is 20.5. The minimum atomic E-state index is -0.314. The summed E-state index contributed by atoms with van der Waals surface area (Å²) >= 11 is 9.42. The largest absolute Gasteiger partial charge is 0.508 e. The molecule has 9 N–H and O–H groups in total. The molecule has 4 amide bonds. The molecule has 20 rings (SSSR count). The number of aliphatic hydroxyl groups excluding tert-OH is 4. The lowest BCUT2D eigenvalue weighted by atomic mass is 9.85. The van der Waals surface area contributed by atoms with Crippen molar-refractivity contribution < 1.29 is 49.1 Å². The van der Waals surface area contributed by atoms with Gasteiger partial charge in [0.25, 0.3) is 0 Å². The number of hydrogen-bond acceptors (Lipinski definition) is 17. The molecule has 0 bridgehead atoms. The van der Waals surface area contributed by atoms with E-state index in [0.717, 1.165) is 255 Å². The number of rotatable bonds is 20. The second-order valence-electron chi connectivity index (χ2n) is 36.4. The van der Waals surface area contributed by atoms with Crippen LogP contribution in [0.5, 0.6) is 5.75 Å². The maximum absolute atomic E-state index is 13.2. The second kappa shape index (κ2) is 43.3. The normalized spacial score (nSPS) is 15.6. The zero-order valence-electron chi connectivity index (χ0n) is 74.5. The number of nitrogens with one attached hydrogen (secondary N) is 4. The van der Waals surface area contributed by atoms with Gasteiger partial charge in [0, 0.05) is 55.4 Å². The van der Waals surface area contributed by atoms with E-state index in [1.807, 2.05) is 72.8 Å². The van der Waals surface area contributed by atoms with Crippen LogP contribution in [0, 0.1) is 5.82 Å². The molecule has 4 fully saturated rings. The van der Waals surface area contributed by atoms with Crippen molar-refractivity contribution >= 4 is 74.4 Å².